The van der Waals surface area contributed by atoms with Gasteiger partial charge in [-0.15, -0.1) is 11.8 Å². The van der Waals surface area contributed by atoms with E-state index < -0.39 is 17.4 Å². The summed E-state index contributed by atoms with van der Waals surface area (Å²) in [6, 6.07) is 0. The molecule has 0 unspecified atom stereocenters. The maximum atomic E-state index is 12.1. The van der Waals surface area contributed by atoms with Crippen LogP contribution in [0, 0.1) is 17.3 Å². The third-order valence-corrected chi connectivity index (χ3v) is 3.64. The molecule has 5 nitrogen and oxygen atoms in total. The minimum atomic E-state index is -1.53. The van der Waals surface area contributed by atoms with Crippen LogP contribution in [0.25, 0.3) is 0 Å². The summed E-state index contributed by atoms with van der Waals surface area (Å²) in [5, 5.41) is 0. The largest absolute Gasteiger partial charge is 0.468 e. The topological polar surface area (TPSA) is 69.7 Å². The number of rotatable bonds is 10. The molecule has 0 bridgehead atoms. The quantitative estimate of drug-likeness (QED) is 0.185. The molecular formula is C18H23BrO5. The summed E-state index contributed by atoms with van der Waals surface area (Å²) in [4.78, 5) is 35.4. The van der Waals surface area contributed by atoms with Gasteiger partial charge in [0.1, 0.15) is 0 Å². The summed E-state index contributed by atoms with van der Waals surface area (Å²) in [7, 11) is 2.42. The van der Waals surface area contributed by atoms with Crippen molar-refractivity contribution in [3.8, 4) is 11.8 Å². The Morgan fingerprint density at radius 1 is 1.12 bits per heavy atom. The average Bonchev–Trinajstić information content (AvgIpc) is 2.57. The van der Waals surface area contributed by atoms with Crippen LogP contribution in [0.2, 0.25) is 0 Å². The first kappa shape index (κ1) is 22.1. The molecule has 0 spiro atoms. The van der Waals surface area contributed by atoms with Crippen molar-refractivity contribution in [2.45, 2.75) is 38.5 Å². The number of ether oxygens (including phenoxy) is 2. The van der Waals surface area contributed by atoms with Gasteiger partial charge in [0.15, 0.2) is 11.2 Å². The Morgan fingerprint density at radius 3 is 2.17 bits per heavy atom. The van der Waals surface area contributed by atoms with E-state index in [2.05, 4.69) is 40.9 Å². The smallest absolute Gasteiger partial charge is 0.324 e. The summed E-state index contributed by atoms with van der Waals surface area (Å²) in [5.41, 5.74) is -1.53. The summed E-state index contributed by atoms with van der Waals surface area (Å²) in [5.74, 6) is 4.35. The molecule has 0 aliphatic heterocycles. The third-order valence-electron chi connectivity index (χ3n) is 3.36. The molecule has 0 radical (unpaired) electrons. The van der Waals surface area contributed by atoms with E-state index in [0.29, 0.717) is 17.3 Å². The molecule has 0 saturated heterocycles. The van der Waals surface area contributed by atoms with Crippen LogP contribution < -0.4 is 0 Å². The van der Waals surface area contributed by atoms with E-state index >= 15 is 0 Å². The molecule has 0 aliphatic carbocycles. The minimum Gasteiger partial charge on any atom is -0.468 e. The van der Waals surface area contributed by atoms with Crippen LogP contribution in [0.1, 0.15) is 38.5 Å². The highest BCUT2D eigenvalue weighted by Gasteiger charge is 2.48. The van der Waals surface area contributed by atoms with Crippen molar-refractivity contribution in [3.63, 3.8) is 0 Å². The summed E-state index contributed by atoms with van der Waals surface area (Å²) < 4.78 is 9.99. The second kappa shape index (κ2) is 11.6. The molecule has 0 N–H and O–H groups in total. The van der Waals surface area contributed by atoms with Gasteiger partial charge in [0.2, 0.25) is 0 Å². The van der Waals surface area contributed by atoms with E-state index in [-0.39, 0.29) is 18.6 Å². The number of ketones is 1. The van der Waals surface area contributed by atoms with E-state index in [1.54, 1.807) is 0 Å². The van der Waals surface area contributed by atoms with Crippen LogP contribution in [0.4, 0.5) is 0 Å². The SMILES string of the molecule is C=CC(=O)CCCCC#CCC(CC(=C)Br)(C(=O)OC)C(=O)OC. The predicted octanol–water partition coefficient (Wildman–Crippen LogP) is 3.33. The van der Waals surface area contributed by atoms with Gasteiger partial charge in [-0.25, -0.2) is 0 Å². The fourth-order valence-electron chi connectivity index (χ4n) is 2.07. The molecule has 0 rings (SSSR count). The maximum Gasteiger partial charge on any atom is 0.324 e. The van der Waals surface area contributed by atoms with E-state index in [1.165, 1.54) is 20.3 Å². The fourth-order valence-corrected chi connectivity index (χ4v) is 2.55. The van der Waals surface area contributed by atoms with E-state index in [9.17, 15) is 14.4 Å². The minimum absolute atomic E-state index is 0.00851. The monoisotopic (exact) mass is 398 g/mol. The van der Waals surface area contributed by atoms with Crippen molar-refractivity contribution in [1.82, 2.24) is 0 Å². The number of carbonyl (C=O) groups is 3. The second-order valence-corrected chi connectivity index (χ2v) is 6.29. The zero-order chi connectivity index (χ0) is 18.6. The molecule has 0 aromatic carbocycles. The summed E-state index contributed by atoms with van der Waals surface area (Å²) in [6.45, 7) is 7.09. The Morgan fingerprint density at radius 2 is 1.71 bits per heavy atom. The standard InChI is InChI=1S/C18H23BrO5/c1-5-15(20)11-9-7-6-8-10-12-18(13-14(2)19,16(21)23-3)17(22)24-4/h5H,1-2,6-7,9,11-13H2,3-4H3. The predicted molar refractivity (Wildman–Crippen MR) is 95.2 cm³/mol. The number of esters is 2. The van der Waals surface area contributed by atoms with Crippen LogP contribution in [-0.4, -0.2) is 31.9 Å². The van der Waals surface area contributed by atoms with Gasteiger partial charge in [-0.1, -0.05) is 29.1 Å². The number of methoxy groups -OCH3 is 2. The van der Waals surface area contributed by atoms with E-state index in [1.807, 2.05) is 0 Å². The van der Waals surface area contributed by atoms with Crippen molar-refractivity contribution < 1.29 is 23.9 Å². The lowest BCUT2D eigenvalue weighted by Gasteiger charge is -2.25. The zero-order valence-electron chi connectivity index (χ0n) is 14.2. The first-order chi connectivity index (χ1) is 11.3. The van der Waals surface area contributed by atoms with Gasteiger partial charge in [-0.3, -0.25) is 14.4 Å². The molecule has 0 atom stereocenters. The van der Waals surface area contributed by atoms with Crippen molar-refractivity contribution in [1.29, 1.82) is 0 Å². The highest BCUT2D eigenvalue weighted by Crippen LogP contribution is 2.34. The van der Waals surface area contributed by atoms with Crippen LogP contribution >= 0.6 is 15.9 Å². The van der Waals surface area contributed by atoms with Gasteiger partial charge in [0, 0.05) is 25.7 Å². The number of halogens is 1. The Hall–Kier alpha value is -1.87. The number of hydrogen-bond acceptors (Lipinski definition) is 5. The summed E-state index contributed by atoms with van der Waals surface area (Å²) in [6.07, 6.45) is 3.80. The molecule has 0 aromatic heterocycles. The first-order valence-electron chi connectivity index (χ1n) is 7.45. The van der Waals surface area contributed by atoms with Crippen molar-refractivity contribution in [2.24, 2.45) is 5.41 Å². The maximum absolute atomic E-state index is 12.1. The Bertz CT molecular complexity index is 537. The second-order valence-electron chi connectivity index (χ2n) is 5.17. The highest BCUT2D eigenvalue weighted by molar-refractivity contribution is 9.11. The Balaban J connectivity index is 4.90. The van der Waals surface area contributed by atoms with Crippen LogP contribution in [0.5, 0.6) is 0 Å². The van der Waals surface area contributed by atoms with Gasteiger partial charge in [-0.05, 0) is 23.4 Å². The fraction of sp³-hybridized carbons (Fsp3) is 0.500. The lowest BCUT2D eigenvalue weighted by atomic mass is 9.81. The molecule has 0 fully saturated rings. The zero-order valence-corrected chi connectivity index (χ0v) is 15.7. The molecule has 0 heterocycles. The number of hydrogen-bond donors (Lipinski definition) is 0. The molecule has 0 aromatic rings. The first-order valence-corrected chi connectivity index (χ1v) is 8.24. The molecule has 24 heavy (non-hydrogen) atoms. The van der Waals surface area contributed by atoms with E-state index in [4.69, 9.17) is 9.47 Å². The van der Waals surface area contributed by atoms with Crippen molar-refractivity contribution >= 4 is 33.7 Å². The van der Waals surface area contributed by atoms with E-state index in [0.717, 1.165) is 12.8 Å². The normalized spacial score (nSPS) is 10.1. The van der Waals surface area contributed by atoms with Crippen LogP contribution in [-0.2, 0) is 23.9 Å². The summed E-state index contributed by atoms with van der Waals surface area (Å²) >= 11 is 3.17. The van der Waals surface area contributed by atoms with Gasteiger partial charge in [0.05, 0.1) is 14.2 Å². The molecule has 0 saturated carbocycles. The van der Waals surface area contributed by atoms with Crippen molar-refractivity contribution in [3.05, 3.63) is 23.7 Å². The Kier molecular flexibility index (Phi) is 10.7. The molecule has 132 valence electrons. The van der Waals surface area contributed by atoms with Crippen molar-refractivity contribution in [2.75, 3.05) is 14.2 Å². The number of unbranched alkanes of at least 4 members (excludes halogenated alkanes) is 2. The number of allylic oxidation sites excluding steroid dienone is 2. The number of carbonyl (C=O) groups excluding carboxylic acids is 3. The lowest BCUT2D eigenvalue weighted by Crippen LogP contribution is -2.41. The van der Waals surface area contributed by atoms with Gasteiger partial charge >= 0.3 is 11.9 Å². The van der Waals surface area contributed by atoms with Crippen LogP contribution in [0.15, 0.2) is 23.7 Å². The molecule has 0 amide bonds. The van der Waals surface area contributed by atoms with Gasteiger partial charge < -0.3 is 9.47 Å². The van der Waals surface area contributed by atoms with Crippen LogP contribution in [0.3, 0.4) is 0 Å². The highest BCUT2D eigenvalue weighted by atomic mass is 79.9. The lowest BCUT2D eigenvalue weighted by molar-refractivity contribution is -0.168. The average molecular weight is 399 g/mol. The molecular weight excluding hydrogens is 376 g/mol. The third kappa shape index (κ3) is 7.14. The molecule has 6 heteroatoms. The molecule has 0 aliphatic rings. The Labute approximate surface area is 151 Å². The van der Waals surface area contributed by atoms with Gasteiger partial charge in [0.25, 0.3) is 0 Å². The van der Waals surface area contributed by atoms with Gasteiger partial charge in [-0.2, -0.15) is 0 Å².